The van der Waals surface area contributed by atoms with Crippen molar-refractivity contribution in [2.75, 3.05) is 47.1 Å². The maximum atomic E-state index is 12.0. The maximum absolute atomic E-state index is 12.0. The SMILES string of the molecule is CCOC(=O)N1CCC(N2CCOc3c(cc(-c4cccc(OC)c4)cc3OC)C2)CC1. The van der Waals surface area contributed by atoms with Crippen LogP contribution in [0, 0.1) is 0 Å². The van der Waals surface area contributed by atoms with Gasteiger partial charge in [0.1, 0.15) is 12.4 Å². The second-order valence-electron chi connectivity index (χ2n) is 8.13. The number of ether oxygens (including phenoxy) is 4. The van der Waals surface area contributed by atoms with Gasteiger partial charge < -0.3 is 23.8 Å². The third-order valence-electron chi connectivity index (χ3n) is 6.26. The molecule has 172 valence electrons. The molecule has 0 aliphatic carbocycles. The van der Waals surface area contributed by atoms with Crippen molar-refractivity contribution in [1.29, 1.82) is 0 Å². The van der Waals surface area contributed by atoms with E-state index in [2.05, 4.69) is 17.0 Å². The molecule has 2 aliphatic rings. The molecule has 0 saturated carbocycles. The van der Waals surface area contributed by atoms with Crippen LogP contribution in [0.25, 0.3) is 11.1 Å². The van der Waals surface area contributed by atoms with E-state index in [0.29, 0.717) is 19.3 Å². The molecule has 2 heterocycles. The van der Waals surface area contributed by atoms with Crippen molar-refractivity contribution in [3.8, 4) is 28.4 Å². The van der Waals surface area contributed by atoms with Gasteiger partial charge in [0.2, 0.25) is 0 Å². The molecule has 0 aromatic heterocycles. The molecule has 1 amide bonds. The number of fused-ring (bicyclic) bond motifs is 1. The summed E-state index contributed by atoms with van der Waals surface area (Å²) >= 11 is 0. The Morgan fingerprint density at radius 3 is 2.59 bits per heavy atom. The highest BCUT2D eigenvalue weighted by Crippen LogP contribution is 2.39. The van der Waals surface area contributed by atoms with Crippen molar-refractivity contribution in [3.63, 3.8) is 0 Å². The Kier molecular flexibility index (Phi) is 7.05. The van der Waals surface area contributed by atoms with Gasteiger partial charge >= 0.3 is 6.09 Å². The van der Waals surface area contributed by atoms with Gasteiger partial charge in [-0.2, -0.15) is 0 Å². The van der Waals surface area contributed by atoms with Crippen molar-refractivity contribution in [2.45, 2.75) is 32.4 Å². The molecule has 7 heteroatoms. The van der Waals surface area contributed by atoms with Crippen LogP contribution in [0.4, 0.5) is 4.79 Å². The van der Waals surface area contributed by atoms with Gasteiger partial charge in [0, 0.05) is 37.8 Å². The lowest BCUT2D eigenvalue weighted by atomic mass is 9.99. The van der Waals surface area contributed by atoms with E-state index in [-0.39, 0.29) is 6.09 Å². The number of methoxy groups -OCH3 is 2. The smallest absolute Gasteiger partial charge is 0.409 e. The number of hydrogen-bond acceptors (Lipinski definition) is 6. The zero-order valence-electron chi connectivity index (χ0n) is 19.1. The molecule has 0 N–H and O–H groups in total. The van der Waals surface area contributed by atoms with Crippen LogP contribution in [0.2, 0.25) is 0 Å². The molecule has 0 bridgehead atoms. The van der Waals surface area contributed by atoms with Gasteiger partial charge in [0.05, 0.1) is 20.8 Å². The molecular weight excluding hydrogens is 408 g/mol. The van der Waals surface area contributed by atoms with E-state index >= 15 is 0 Å². The second kappa shape index (κ2) is 10.1. The molecule has 2 aliphatic heterocycles. The predicted molar refractivity (Wildman–Crippen MR) is 123 cm³/mol. The van der Waals surface area contributed by atoms with Crippen LogP contribution in [0.5, 0.6) is 17.2 Å². The highest BCUT2D eigenvalue weighted by molar-refractivity contribution is 5.70. The van der Waals surface area contributed by atoms with Crippen LogP contribution in [-0.2, 0) is 11.3 Å². The summed E-state index contributed by atoms with van der Waals surface area (Å²) in [4.78, 5) is 16.3. The normalized spacial score (nSPS) is 17.2. The zero-order valence-corrected chi connectivity index (χ0v) is 19.1. The van der Waals surface area contributed by atoms with Crippen LogP contribution >= 0.6 is 0 Å². The fourth-order valence-corrected chi connectivity index (χ4v) is 4.56. The minimum Gasteiger partial charge on any atom is -0.497 e. The van der Waals surface area contributed by atoms with Gasteiger partial charge in [-0.1, -0.05) is 12.1 Å². The van der Waals surface area contributed by atoms with Crippen LogP contribution in [0.3, 0.4) is 0 Å². The molecule has 0 atom stereocenters. The Bertz CT molecular complexity index is 940. The zero-order chi connectivity index (χ0) is 22.5. The lowest BCUT2D eigenvalue weighted by Gasteiger charge is -2.37. The fraction of sp³-hybridized carbons (Fsp3) is 0.480. The molecule has 2 aromatic rings. The first-order valence-corrected chi connectivity index (χ1v) is 11.3. The molecule has 0 spiro atoms. The molecule has 32 heavy (non-hydrogen) atoms. The van der Waals surface area contributed by atoms with E-state index in [1.54, 1.807) is 14.2 Å². The summed E-state index contributed by atoms with van der Waals surface area (Å²) in [6, 6.07) is 12.7. The van der Waals surface area contributed by atoms with Crippen LogP contribution in [0.15, 0.2) is 36.4 Å². The summed E-state index contributed by atoms with van der Waals surface area (Å²) in [6.07, 6.45) is 1.66. The van der Waals surface area contributed by atoms with Gasteiger partial charge in [-0.3, -0.25) is 4.90 Å². The van der Waals surface area contributed by atoms with Crippen molar-refractivity contribution in [3.05, 3.63) is 42.0 Å². The highest BCUT2D eigenvalue weighted by atomic mass is 16.6. The third-order valence-corrected chi connectivity index (χ3v) is 6.26. The van der Waals surface area contributed by atoms with E-state index in [9.17, 15) is 4.79 Å². The summed E-state index contributed by atoms with van der Waals surface area (Å²) in [6.45, 7) is 5.94. The Balaban J connectivity index is 1.55. The average molecular weight is 441 g/mol. The minimum atomic E-state index is -0.205. The number of amides is 1. The molecular formula is C25H32N2O5. The Morgan fingerprint density at radius 2 is 1.88 bits per heavy atom. The minimum absolute atomic E-state index is 0.205. The molecule has 1 saturated heterocycles. The first kappa shape index (κ1) is 22.3. The summed E-state index contributed by atoms with van der Waals surface area (Å²) in [5.74, 6) is 2.40. The summed E-state index contributed by atoms with van der Waals surface area (Å²) in [5.41, 5.74) is 3.26. The van der Waals surface area contributed by atoms with E-state index in [0.717, 1.165) is 73.0 Å². The van der Waals surface area contributed by atoms with Crippen molar-refractivity contribution < 1.29 is 23.7 Å². The van der Waals surface area contributed by atoms with E-state index < -0.39 is 0 Å². The van der Waals surface area contributed by atoms with Crippen molar-refractivity contribution >= 4 is 6.09 Å². The van der Waals surface area contributed by atoms with Gasteiger partial charge in [-0.25, -0.2) is 4.79 Å². The van der Waals surface area contributed by atoms with Gasteiger partial charge in [0.15, 0.2) is 11.5 Å². The van der Waals surface area contributed by atoms with Crippen LogP contribution < -0.4 is 14.2 Å². The molecule has 7 nitrogen and oxygen atoms in total. The topological polar surface area (TPSA) is 60.5 Å². The Hall–Kier alpha value is -2.93. The van der Waals surface area contributed by atoms with Gasteiger partial charge in [-0.05, 0) is 55.2 Å². The van der Waals surface area contributed by atoms with E-state index in [1.165, 1.54) is 0 Å². The largest absolute Gasteiger partial charge is 0.497 e. The number of rotatable bonds is 5. The average Bonchev–Trinajstić information content (AvgIpc) is 3.06. The summed E-state index contributed by atoms with van der Waals surface area (Å²) < 4.78 is 22.4. The molecule has 1 fully saturated rings. The van der Waals surface area contributed by atoms with Crippen molar-refractivity contribution in [2.24, 2.45) is 0 Å². The number of benzene rings is 2. The van der Waals surface area contributed by atoms with Crippen LogP contribution in [0.1, 0.15) is 25.3 Å². The lowest BCUT2D eigenvalue weighted by Crippen LogP contribution is -2.47. The highest BCUT2D eigenvalue weighted by Gasteiger charge is 2.30. The second-order valence-corrected chi connectivity index (χ2v) is 8.13. The standard InChI is InChI=1S/C25H32N2O5/c1-4-31-25(28)26-10-8-21(9-11-26)27-12-13-32-24-20(17-27)14-19(16-23(24)30-3)18-6-5-7-22(15-18)29-2/h5-7,14-16,21H,4,8-13,17H2,1-3H3. The number of hydrogen-bond donors (Lipinski definition) is 0. The first-order valence-electron chi connectivity index (χ1n) is 11.3. The van der Waals surface area contributed by atoms with Gasteiger partial charge in [0.25, 0.3) is 0 Å². The van der Waals surface area contributed by atoms with Gasteiger partial charge in [-0.15, -0.1) is 0 Å². The molecule has 4 rings (SSSR count). The molecule has 2 aromatic carbocycles. The number of nitrogens with zero attached hydrogens (tertiary/aromatic N) is 2. The molecule has 0 unspecified atom stereocenters. The number of likely N-dealkylation sites (tertiary alicyclic amines) is 1. The summed E-state index contributed by atoms with van der Waals surface area (Å²) in [7, 11) is 3.36. The Labute approximate surface area is 189 Å². The number of carbonyl (C=O) groups is 1. The number of carbonyl (C=O) groups excluding carboxylic acids is 1. The number of piperidine rings is 1. The van der Waals surface area contributed by atoms with E-state index in [4.69, 9.17) is 18.9 Å². The Morgan fingerprint density at radius 1 is 1.06 bits per heavy atom. The first-order chi connectivity index (χ1) is 15.6. The van der Waals surface area contributed by atoms with Crippen molar-refractivity contribution in [1.82, 2.24) is 9.80 Å². The van der Waals surface area contributed by atoms with Crippen LogP contribution in [-0.4, -0.2) is 69.0 Å². The maximum Gasteiger partial charge on any atom is 0.409 e. The fourth-order valence-electron chi connectivity index (χ4n) is 4.56. The van der Waals surface area contributed by atoms with E-state index in [1.807, 2.05) is 36.1 Å². The third kappa shape index (κ3) is 4.78. The lowest BCUT2D eigenvalue weighted by molar-refractivity contribution is 0.0704. The monoisotopic (exact) mass is 440 g/mol. The predicted octanol–water partition coefficient (Wildman–Crippen LogP) is 4.19. The quantitative estimate of drug-likeness (QED) is 0.695. The molecule has 0 radical (unpaired) electrons. The summed E-state index contributed by atoms with van der Waals surface area (Å²) in [5, 5.41) is 0.